The van der Waals surface area contributed by atoms with Gasteiger partial charge in [0.1, 0.15) is 5.76 Å². The monoisotopic (exact) mass is 293 g/mol. The minimum Gasteiger partial charge on any atom is -0.444 e. The molecule has 0 aliphatic carbocycles. The van der Waals surface area contributed by atoms with Crippen LogP contribution in [0, 0.1) is 27.7 Å². The second kappa shape index (κ2) is 4.98. The Morgan fingerprint density at radius 2 is 1.50 bits per heavy atom. The average Bonchev–Trinajstić information content (AvgIpc) is 2.66. The van der Waals surface area contributed by atoms with Crippen LogP contribution in [-0.4, -0.2) is 15.5 Å². The first-order chi connectivity index (χ1) is 9.25. The lowest BCUT2D eigenvalue weighted by Crippen LogP contribution is -2.26. The maximum atomic E-state index is 12.6. The van der Waals surface area contributed by atoms with Crippen molar-refractivity contribution in [2.75, 3.05) is 11.4 Å². The van der Waals surface area contributed by atoms with Gasteiger partial charge in [-0.2, -0.15) is 0 Å². The Hall–Kier alpha value is -1.75. The fourth-order valence-corrected chi connectivity index (χ4v) is 3.19. The third kappa shape index (κ3) is 2.33. The number of nitrogens with zero attached hydrogens (tertiary/aromatic N) is 1. The van der Waals surface area contributed by atoms with Crippen LogP contribution in [0.1, 0.15) is 22.5 Å². The number of aryl methyl sites for hydroxylation is 2. The summed E-state index contributed by atoms with van der Waals surface area (Å²) in [5, 5.41) is 0. The quantitative estimate of drug-likeness (QED) is 0.872. The molecule has 0 saturated carbocycles. The Kier molecular flexibility index (Phi) is 3.65. The summed E-state index contributed by atoms with van der Waals surface area (Å²) < 4.78 is 32.0. The zero-order valence-corrected chi connectivity index (χ0v) is 13.2. The molecule has 0 fully saturated rings. The first kappa shape index (κ1) is 14.7. The normalized spacial score (nSPS) is 11.7. The molecule has 1 aromatic heterocycles. The molecule has 0 radical (unpaired) electrons. The van der Waals surface area contributed by atoms with E-state index in [1.54, 1.807) is 24.3 Å². The maximum Gasteiger partial charge on any atom is 0.266 e. The van der Waals surface area contributed by atoms with E-state index >= 15 is 0 Å². The van der Waals surface area contributed by atoms with Crippen LogP contribution in [0.4, 0.5) is 5.88 Å². The molecule has 20 heavy (non-hydrogen) atoms. The summed E-state index contributed by atoms with van der Waals surface area (Å²) in [6.45, 7) is 7.54. The summed E-state index contributed by atoms with van der Waals surface area (Å²) in [6, 6.07) is 6.79. The standard InChI is InChI=1S/C15H19NO3S/c1-10-6-8-14(9-7-10)20(17,18)16(5)15-12(3)11(2)13(4)19-15/h6-9H,1-5H3. The van der Waals surface area contributed by atoms with E-state index < -0.39 is 10.0 Å². The van der Waals surface area contributed by atoms with Crippen molar-refractivity contribution in [1.29, 1.82) is 0 Å². The molecule has 1 aromatic carbocycles. The molecule has 2 aromatic rings. The van der Waals surface area contributed by atoms with Crippen molar-refractivity contribution >= 4 is 15.9 Å². The van der Waals surface area contributed by atoms with Gasteiger partial charge in [-0.1, -0.05) is 17.7 Å². The smallest absolute Gasteiger partial charge is 0.266 e. The van der Waals surface area contributed by atoms with Crippen LogP contribution in [-0.2, 0) is 10.0 Å². The van der Waals surface area contributed by atoms with Crippen LogP contribution in [0.25, 0.3) is 0 Å². The van der Waals surface area contributed by atoms with Crippen molar-refractivity contribution in [3.63, 3.8) is 0 Å². The van der Waals surface area contributed by atoms with Gasteiger partial charge in [-0.15, -0.1) is 0 Å². The van der Waals surface area contributed by atoms with Crippen molar-refractivity contribution in [3.8, 4) is 0 Å². The van der Waals surface area contributed by atoms with Gasteiger partial charge in [-0.3, -0.25) is 0 Å². The molecular formula is C15H19NO3S. The summed E-state index contributed by atoms with van der Waals surface area (Å²) in [5.74, 6) is 1.11. The first-order valence-corrected chi connectivity index (χ1v) is 7.81. The summed E-state index contributed by atoms with van der Waals surface area (Å²) in [6.07, 6.45) is 0. The number of sulfonamides is 1. The fourth-order valence-electron chi connectivity index (χ4n) is 2.00. The number of benzene rings is 1. The summed E-state index contributed by atoms with van der Waals surface area (Å²) >= 11 is 0. The van der Waals surface area contributed by atoms with E-state index in [1.165, 1.54) is 11.4 Å². The molecule has 0 unspecified atom stereocenters. The molecule has 0 amide bonds. The van der Waals surface area contributed by atoms with Crippen LogP contribution in [0.2, 0.25) is 0 Å². The van der Waals surface area contributed by atoms with Gasteiger partial charge in [0.05, 0.1) is 4.90 Å². The van der Waals surface area contributed by atoms with Crippen LogP contribution in [0.15, 0.2) is 33.6 Å². The molecule has 0 atom stereocenters. The van der Waals surface area contributed by atoms with Gasteiger partial charge in [0.2, 0.25) is 5.88 Å². The minimum atomic E-state index is -3.60. The second-order valence-electron chi connectivity index (χ2n) is 5.00. The molecule has 0 aliphatic heterocycles. The van der Waals surface area contributed by atoms with E-state index in [0.29, 0.717) is 5.88 Å². The summed E-state index contributed by atoms with van der Waals surface area (Å²) in [7, 11) is -2.08. The zero-order chi connectivity index (χ0) is 15.1. The Morgan fingerprint density at radius 1 is 0.950 bits per heavy atom. The number of rotatable bonds is 3. The molecular weight excluding hydrogens is 274 g/mol. The first-order valence-electron chi connectivity index (χ1n) is 6.37. The molecule has 4 nitrogen and oxygen atoms in total. The van der Waals surface area contributed by atoms with E-state index in [2.05, 4.69) is 0 Å². The van der Waals surface area contributed by atoms with Gasteiger partial charge in [0.25, 0.3) is 10.0 Å². The van der Waals surface area contributed by atoms with Crippen LogP contribution in [0.5, 0.6) is 0 Å². The van der Waals surface area contributed by atoms with Gasteiger partial charge < -0.3 is 4.42 Å². The lowest BCUT2D eigenvalue weighted by atomic mass is 10.2. The highest BCUT2D eigenvalue weighted by molar-refractivity contribution is 7.92. The molecule has 108 valence electrons. The van der Waals surface area contributed by atoms with Crippen molar-refractivity contribution in [3.05, 3.63) is 46.7 Å². The van der Waals surface area contributed by atoms with Gasteiger partial charge in [-0.25, -0.2) is 12.7 Å². The Bertz CT molecular complexity index is 727. The Morgan fingerprint density at radius 3 is 1.95 bits per heavy atom. The molecule has 0 spiro atoms. The summed E-state index contributed by atoms with van der Waals surface area (Å²) in [4.78, 5) is 0.261. The van der Waals surface area contributed by atoms with E-state index in [1.807, 2.05) is 27.7 Å². The summed E-state index contributed by atoms with van der Waals surface area (Å²) in [5.41, 5.74) is 2.85. The van der Waals surface area contributed by atoms with E-state index in [-0.39, 0.29) is 4.90 Å². The maximum absolute atomic E-state index is 12.6. The lowest BCUT2D eigenvalue weighted by molar-refractivity contribution is 0.531. The molecule has 0 N–H and O–H groups in total. The van der Waals surface area contributed by atoms with E-state index in [9.17, 15) is 8.42 Å². The number of hydrogen-bond donors (Lipinski definition) is 0. The predicted octanol–water partition coefficient (Wildman–Crippen LogP) is 3.34. The third-order valence-electron chi connectivity index (χ3n) is 3.63. The topological polar surface area (TPSA) is 50.5 Å². The Balaban J connectivity index is 2.48. The van der Waals surface area contributed by atoms with Crippen LogP contribution in [0.3, 0.4) is 0 Å². The molecule has 1 heterocycles. The van der Waals surface area contributed by atoms with Gasteiger partial charge in [0.15, 0.2) is 0 Å². The number of hydrogen-bond acceptors (Lipinski definition) is 3. The highest BCUT2D eigenvalue weighted by Gasteiger charge is 2.26. The number of anilines is 1. The second-order valence-corrected chi connectivity index (χ2v) is 6.97. The predicted molar refractivity (Wildman–Crippen MR) is 79.7 cm³/mol. The zero-order valence-electron chi connectivity index (χ0n) is 12.4. The Labute approximate surface area is 120 Å². The minimum absolute atomic E-state index is 0.261. The van der Waals surface area contributed by atoms with Gasteiger partial charge in [-0.05, 0) is 45.4 Å². The van der Waals surface area contributed by atoms with Crippen LogP contribution >= 0.6 is 0 Å². The molecule has 0 bridgehead atoms. The molecule has 0 saturated heterocycles. The van der Waals surface area contributed by atoms with Gasteiger partial charge in [0, 0.05) is 12.6 Å². The van der Waals surface area contributed by atoms with E-state index in [0.717, 1.165) is 22.5 Å². The highest BCUT2D eigenvalue weighted by atomic mass is 32.2. The van der Waals surface area contributed by atoms with Gasteiger partial charge >= 0.3 is 0 Å². The number of furan rings is 1. The SMILES string of the molecule is Cc1ccc(S(=O)(=O)N(C)c2oc(C)c(C)c2C)cc1. The van der Waals surface area contributed by atoms with Crippen molar-refractivity contribution in [1.82, 2.24) is 0 Å². The average molecular weight is 293 g/mol. The lowest BCUT2D eigenvalue weighted by Gasteiger charge is -2.17. The van der Waals surface area contributed by atoms with E-state index in [4.69, 9.17) is 4.42 Å². The molecule has 5 heteroatoms. The van der Waals surface area contributed by atoms with Crippen molar-refractivity contribution in [2.24, 2.45) is 0 Å². The fraction of sp³-hybridized carbons (Fsp3) is 0.333. The largest absolute Gasteiger partial charge is 0.444 e. The third-order valence-corrected chi connectivity index (χ3v) is 5.38. The highest BCUT2D eigenvalue weighted by Crippen LogP contribution is 2.31. The van der Waals surface area contributed by atoms with Crippen molar-refractivity contribution < 1.29 is 12.8 Å². The molecule has 0 aliphatic rings. The van der Waals surface area contributed by atoms with Crippen molar-refractivity contribution in [2.45, 2.75) is 32.6 Å². The van der Waals surface area contributed by atoms with Crippen LogP contribution < -0.4 is 4.31 Å². The molecule has 2 rings (SSSR count).